The van der Waals surface area contributed by atoms with Crippen molar-refractivity contribution in [1.29, 1.82) is 0 Å². The number of hydrogen-bond acceptors (Lipinski definition) is 6. The van der Waals surface area contributed by atoms with Crippen molar-refractivity contribution in [2.45, 2.75) is 46.3 Å². The maximum absolute atomic E-state index is 13.6. The van der Waals surface area contributed by atoms with E-state index in [1.807, 2.05) is 32.0 Å². The second kappa shape index (κ2) is 10.5. The minimum absolute atomic E-state index is 0.0996. The Kier molecular flexibility index (Phi) is 7.45. The van der Waals surface area contributed by atoms with Crippen molar-refractivity contribution < 1.29 is 23.4 Å². The normalized spacial score (nSPS) is 15.3. The summed E-state index contributed by atoms with van der Waals surface area (Å²) < 4.78 is 23.2. The standard InChI is InChI=1S/C28H33NO6/c1-17(2)16-34-22-12-11-19(15-23(22)32-5)25-24-26(30)20-9-6-7-10-21(20)35-27(24)28(31)29(25)13-8-14-33-18(3)4/h6-7,9-12,15,17-18,25H,8,13-14,16H2,1-5H3/t25-/m0/s1. The molecule has 1 aromatic heterocycles. The van der Waals surface area contributed by atoms with Gasteiger partial charge in [-0.15, -0.1) is 0 Å². The second-order valence-electron chi connectivity index (χ2n) is 9.46. The third kappa shape index (κ3) is 5.05. The van der Waals surface area contributed by atoms with Crippen LogP contribution in [-0.2, 0) is 4.74 Å². The van der Waals surface area contributed by atoms with Gasteiger partial charge in [0, 0.05) is 13.2 Å². The van der Waals surface area contributed by atoms with Crippen LogP contribution in [0, 0.1) is 5.92 Å². The molecule has 0 radical (unpaired) electrons. The lowest BCUT2D eigenvalue weighted by molar-refractivity contribution is 0.0593. The lowest BCUT2D eigenvalue weighted by Gasteiger charge is -2.26. The Morgan fingerprint density at radius 2 is 1.80 bits per heavy atom. The largest absolute Gasteiger partial charge is 0.493 e. The fourth-order valence-electron chi connectivity index (χ4n) is 4.33. The number of benzene rings is 2. The van der Waals surface area contributed by atoms with Crippen molar-refractivity contribution in [2.24, 2.45) is 5.92 Å². The van der Waals surface area contributed by atoms with Crippen LogP contribution in [0.15, 0.2) is 51.7 Å². The molecular weight excluding hydrogens is 446 g/mol. The zero-order chi connectivity index (χ0) is 25.1. The number of methoxy groups -OCH3 is 1. The van der Waals surface area contributed by atoms with Gasteiger partial charge in [0.15, 0.2) is 16.9 Å². The van der Waals surface area contributed by atoms with Gasteiger partial charge in [0.05, 0.1) is 36.8 Å². The maximum Gasteiger partial charge on any atom is 0.290 e. The molecule has 1 aliphatic rings. The molecule has 0 aliphatic carbocycles. The predicted octanol–water partition coefficient (Wildman–Crippen LogP) is 5.20. The Morgan fingerprint density at radius 1 is 1.03 bits per heavy atom. The zero-order valence-electron chi connectivity index (χ0n) is 21.0. The minimum atomic E-state index is -0.592. The number of nitrogens with zero attached hydrogens (tertiary/aromatic N) is 1. The molecule has 3 aromatic rings. The van der Waals surface area contributed by atoms with E-state index in [1.165, 1.54) is 0 Å². The molecule has 1 atom stereocenters. The Bertz CT molecular complexity index is 1260. The first kappa shape index (κ1) is 24.8. The summed E-state index contributed by atoms with van der Waals surface area (Å²) in [6.45, 7) is 9.59. The van der Waals surface area contributed by atoms with Crippen molar-refractivity contribution >= 4 is 16.9 Å². The van der Waals surface area contributed by atoms with Gasteiger partial charge in [0.25, 0.3) is 5.91 Å². The van der Waals surface area contributed by atoms with E-state index >= 15 is 0 Å². The van der Waals surface area contributed by atoms with E-state index in [4.69, 9.17) is 18.6 Å². The molecule has 0 spiro atoms. The van der Waals surface area contributed by atoms with Gasteiger partial charge in [0.1, 0.15) is 5.58 Å². The fraction of sp³-hybridized carbons (Fsp3) is 0.429. The molecule has 0 saturated carbocycles. The van der Waals surface area contributed by atoms with E-state index in [9.17, 15) is 9.59 Å². The summed E-state index contributed by atoms with van der Waals surface area (Å²) in [5.41, 5.74) is 1.33. The molecule has 186 valence electrons. The molecule has 1 aliphatic heterocycles. The topological polar surface area (TPSA) is 78.2 Å². The molecule has 35 heavy (non-hydrogen) atoms. The summed E-state index contributed by atoms with van der Waals surface area (Å²) in [6, 6.07) is 12.0. The van der Waals surface area contributed by atoms with Crippen molar-refractivity contribution in [3.8, 4) is 11.5 Å². The number of hydrogen-bond donors (Lipinski definition) is 0. The third-order valence-electron chi connectivity index (χ3n) is 5.94. The van der Waals surface area contributed by atoms with Gasteiger partial charge < -0.3 is 23.5 Å². The first-order valence-corrected chi connectivity index (χ1v) is 12.1. The van der Waals surface area contributed by atoms with E-state index in [0.29, 0.717) is 60.1 Å². The number of rotatable bonds is 10. The third-order valence-corrected chi connectivity index (χ3v) is 5.94. The maximum atomic E-state index is 13.6. The van der Waals surface area contributed by atoms with E-state index < -0.39 is 6.04 Å². The molecule has 2 aromatic carbocycles. The molecule has 7 heteroatoms. The summed E-state index contributed by atoms with van der Waals surface area (Å²) in [4.78, 5) is 28.8. The van der Waals surface area contributed by atoms with E-state index in [0.717, 1.165) is 5.56 Å². The van der Waals surface area contributed by atoms with Gasteiger partial charge in [-0.25, -0.2) is 0 Å². The summed E-state index contributed by atoms with van der Waals surface area (Å²) in [5, 5.41) is 0.456. The molecule has 0 saturated heterocycles. The molecule has 0 unspecified atom stereocenters. The van der Waals surface area contributed by atoms with Crippen LogP contribution < -0.4 is 14.9 Å². The summed E-state index contributed by atoms with van der Waals surface area (Å²) in [6.07, 6.45) is 0.739. The Labute approximate surface area is 205 Å². The fourth-order valence-corrected chi connectivity index (χ4v) is 4.33. The SMILES string of the molecule is COc1cc([C@H]2c3c(oc4ccccc4c3=O)C(=O)N2CCCOC(C)C)ccc1OCC(C)C. The number of para-hydroxylation sites is 1. The van der Waals surface area contributed by atoms with Crippen LogP contribution in [0.3, 0.4) is 0 Å². The van der Waals surface area contributed by atoms with E-state index in [-0.39, 0.29) is 23.2 Å². The van der Waals surface area contributed by atoms with Crippen LogP contribution in [0.25, 0.3) is 11.0 Å². The molecule has 4 rings (SSSR count). The van der Waals surface area contributed by atoms with Gasteiger partial charge in [-0.1, -0.05) is 32.0 Å². The number of fused-ring (bicyclic) bond motifs is 2. The number of carbonyl (C=O) groups is 1. The first-order valence-electron chi connectivity index (χ1n) is 12.1. The summed E-state index contributed by atoms with van der Waals surface area (Å²) in [5.74, 6) is 1.34. The molecule has 7 nitrogen and oxygen atoms in total. The van der Waals surface area contributed by atoms with Crippen LogP contribution >= 0.6 is 0 Å². The van der Waals surface area contributed by atoms with Gasteiger partial charge in [-0.3, -0.25) is 9.59 Å². The Balaban J connectivity index is 1.78. The minimum Gasteiger partial charge on any atom is -0.493 e. The Morgan fingerprint density at radius 3 is 2.51 bits per heavy atom. The lowest BCUT2D eigenvalue weighted by atomic mass is 9.98. The monoisotopic (exact) mass is 479 g/mol. The van der Waals surface area contributed by atoms with Crippen molar-refractivity contribution in [1.82, 2.24) is 4.90 Å². The second-order valence-corrected chi connectivity index (χ2v) is 9.46. The van der Waals surface area contributed by atoms with Gasteiger partial charge in [-0.2, -0.15) is 0 Å². The highest BCUT2D eigenvalue weighted by molar-refractivity contribution is 5.99. The number of amides is 1. The molecule has 0 fully saturated rings. The average Bonchev–Trinajstić information content (AvgIpc) is 3.12. The van der Waals surface area contributed by atoms with Crippen LogP contribution in [-0.4, -0.2) is 43.8 Å². The van der Waals surface area contributed by atoms with Crippen molar-refractivity contribution in [3.05, 3.63) is 69.6 Å². The van der Waals surface area contributed by atoms with Gasteiger partial charge in [0.2, 0.25) is 5.76 Å². The molecule has 0 N–H and O–H groups in total. The first-order chi connectivity index (χ1) is 16.8. The predicted molar refractivity (Wildman–Crippen MR) is 134 cm³/mol. The Hall–Kier alpha value is -3.32. The summed E-state index contributed by atoms with van der Waals surface area (Å²) in [7, 11) is 1.58. The van der Waals surface area contributed by atoms with Crippen LogP contribution in [0.2, 0.25) is 0 Å². The van der Waals surface area contributed by atoms with Crippen LogP contribution in [0.5, 0.6) is 11.5 Å². The van der Waals surface area contributed by atoms with Crippen molar-refractivity contribution in [3.63, 3.8) is 0 Å². The molecule has 2 heterocycles. The number of ether oxygens (including phenoxy) is 3. The average molecular weight is 480 g/mol. The summed E-state index contributed by atoms with van der Waals surface area (Å²) >= 11 is 0. The molecule has 0 bridgehead atoms. The quantitative estimate of drug-likeness (QED) is 0.372. The number of carbonyl (C=O) groups excluding carboxylic acids is 1. The highest BCUT2D eigenvalue weighted by atomic mass is 16.5. The highest BCUT2D eigenvalue weighted by Crippen LogP contribution is 2.41. The van der Waals surface area contributed by atoms with Crippen LogP contribution in [0.1, 0.15) is 61.8 Å². The zero-order valence-corrected chi connectivity index (χ0v) is 21.0. The lowest BCUT2D eigenvalue weighted by Crippen LogP contribution is -2.31. The highest BCUT2D eigenvalue weighted by Gasteiger charge is 2.42. The van der Waals surface area contributed by atoms with E-state index in [2.05, 4.69) is 13.8 Å². The van der Waals surface area contributed by atoms with E-state index in [1.54, 1.807) is 36.3 Å². The van der Waals surface area contributed by atoms with Crippen molar-refractivity contribution in [2.75, 3.05) is 26.9 Å². The molecule has 1 amide bonds. The van der Waals surface area contributed by atoms with Gasteiger partial charge in [-0.05, 0) is 56.0 Å². The van der Waals surface area contributed by atoms with Gasteiger partial charge >= 0.3 is 0 Å². The smallest absolute Gasteiger partial charge is 0.290 e. The molecular formula is C28H33NO6. The van der Waals surface area contributed by atoms with Crippen LogP contribution in [0.4, 0.5) is 0 Å².